The van der Waals surface area contributed by atoms with Gasteiger partial charge in [-0.05, 0) is 12.8 Å². The molecule has 0 unspecified atom stereocenters. The Kier molecular flexibility index (Phi) is 5.50. The Bertz CT molecular complexity index is 441. The van der Waals surface area contributed by atoms with Gasteiger partial charge in [-0.25, -0.2) is 4.68 Å². The minimum absolute atomic E-state index is 0.0320. The third kappa shape index (κ3) is 4.36. The number of carbonyl (C=O) groups excluding carboxylic acids is 2. The molecule has 7 nitrogen and oxygen atoms in total. The molecule has 0 radical (unpaired) electrons. The monoisotopic (exact) mass is 267 g/mol. The van der Waals surface area contributed by atoms with Crippen LogP contribution in [0.5, 0.6) is 0 Å². The van der Waals surface area contributed by atoms with Crippen LogP contribution in [0, 0.1) is 5.92 Å². The lowest BCUT2D eigenvalue weighted by Gasteiger charge is -2.15. The van der Waals surface area contributed by atoms with Gasteiger partial charge in [0.2, 0.25) is 11.8 Å². The number of hydrogen-bond donors (Lipinski definition) is 3. The maximum absolute atomic E-state index is 11.7. The topological polar surface area (TPSA) is 102 Å². The molecule has 2 amide bonds. The number of hydrogen-bond acceptors (Lipinski definition) is 4. The Morgan fingerprint density at radius 1 is 1.47 bits per heavy atom. The highest BCUT2D eigenvalue weighted by atomic mass is 16.2. The second-order valence-electron chi connectivity index (χ2n) is 4.57. The Morgan fingerprint density at radius 2 is 2.16 bits per heavy atom. The SMILES string of the molecule is CCn1nccc1NC(=O)CNC(=O)[C@@H](N)C(C)C. The fourth-order valence-corrected chi connectivity index (χ4v) is 1.47. The zero-order valence-electron chi connectivity index (χ0n) is 11.5. The van der Waals surface area contributed by atoms with E-state index < -0.39 is 6.04 Å². The van der Waals surface area contributed by atoms with Crippen molar-refractivity contribution >= 4 is 17.6 Å². The lowest BCUT2D eigenvalue weighted by Crippen LogP contribution is -2.46. The van der Waals surface area contributed by atoms with Crippen molar-refractivity contribution in [3.8, 4) is 0 Å². The Morgan fingerprint density at radius 3 is 2.74 bits per heavy atom. The number of aryl methyl sites for hydroxylation is 1. The average molecular weight is 267 g/mol. The van der Waals surface area contributed by atoms with Crippen LogP contribution in [0.1, 0.15) is 20.8 Å². The van der Waals surface area contributed by atoms with Gasteiger partial charge in [0.05, 0.1) is 18.8 Å². The zero-order chi connectivity index (χ0) is 14.4. The van der Waals surface area contributed by atoms with E-state index in [9.17, 15) is 9.59 Å². The lowest BCUT2D eigenvalue weighted by atomic mass is 10.1. The molecule has 4 N–H and O–H groups in total. The van der Waals surface area contributed by atoms with Crippen LogP contribution in [0.25, 0.3) is 0 Å². The molecule has 0 aliphatic rings. The standard InChI is InChI=1S/C12H21N5O2/c1-4-17-9(5-6-15-17)16-10(18)7-14-12(19)11(13)8(2)3/h5-6,8,11H,4,7,13H2,1-3H3,(H,14,19)(H,16,18)/t11-/m0/s1. The number of nitrogens with one attached hydrogen (secondary N) is 2. The number of amides is 2. The second-order valence-corrected chi connectivity index (χ2v) is 4.57. The van der Waals surface area contributed by atoms with Crippen molar-refractivity contribution in [1.82, 2.24) is 15.1 Å². The van der Waals surface area contributed by atoms with Crippen molar-refractivity contribution in [3.05, 3.63) is 12.3 Å². The first kappa shape index (κ1) is 15.2. The van der Waals surface area contributed by atoms with Gasteiger partial charge in [0.15, 0.2) is 0 Å². The van der Waals surface area contributed by atoms with E-state index in [1.165, 1.54) is 0 Å². The third-order valence-corrected chi connectivity index (χ3v) is 2.73. The fraction of sp³-hybridized carbons (Fsp3) is 0.583. The third-order valence-electron chi connectivity index (χ3n) is 2.73. The van der Waals surface area contributed by atoms with Crippen molar-refractivity contribution in [1.29, 1.82) is 0 Å². The van der Waals surface area contributed by atoms with Gasteiger partial charge < -0.3 is 16.4 Å². The summed E-state index contributed by atoms with van der Waals surface area (Å²) in [6.07, 6.45) is 1.60. The molecule has 106 valence electrons. The first-order valence-corrected chi connectivity index (χ1v) is 6.30. The summed E-state index contributed by atoms with van der Waals surface area (Å²) in [5, 5.41) is 9.21. The second kappa shape index (κ2) is 6.89. The lowest BCUT2D eigenvalue weighted by molar-refractivity contribution is -0.125. The number of anilines is 1. The summed E-state index contributed by atoms with van der Waals surface area (Å²) < 4.78 is 1.65. The van der Waals surface area contributed by atoms with E-state index in [1.807, 2.05) is 20.8 Å². The van der Waals surface area contributed by atoms with E-state index in [-0.39, 0.29) is 24.3 Å². The van der Waals surface area contributed by atoms with Crippen molar-refractivity contribution < 1.29 is 9.59 Å². The molecular weight excluding hydrogens is 246 g/mol. The minimum atomic E-state index is -0.603. The van der Waals surface area contributed by atoms with Gasteiger partial charge in [-0.1, -0.05) is 13.8 Å². The number of rotatable bonds is 6. The molecule has 0 bridgehead atoms. The average Bonchev–Trinajstić information content (AvgIpc) is 2.81. The molecule has 0 aliphatic heterocycles. The molecular formula is C12H21N5O2. The van der Waals surface area contributed by atoms with Crippen molar-refractivity contribution in [2.24, 2.45) is 11.7 Å². The minimum Gasteiger partial charge on any atom is -0.346 e. The molecule has 0 saturated heterocycles. The molecule has 0 saturated carbocycles. The Labute approximate surface area is 112 Å². The van der Waals surface area contributed by atoms with Crippen molar-refractivity contribution in [3.63, 3.8) is 0 Å². The van der Waals surface area contributed by atoms with E-state index in [1.54, 1.807) is 16.9 Å². The van der Waals surface area contributed by atoms with Gasteiger partial charge in [-0.3, -0.25) is 9.59 Å². The summed E-state index contributed by atoms with van der Waals surface area (Å²) in [4.78, 5) is 23.2. The van der Waals surface area contributed by atoms with E-state index >= 15 is 0 Å². The van der Waals surface area contributed by atoms with Crippen LogP contribution in [-0.2, 0) is 16.1 Å². The van der Waals surface area contributed by atoms with Crippen LogP contribution in [0.4, 0.5) is 5.82 Å². The molecule has 0 fully saturated rings. The zero-order valence-corrected chi connectivity index (χ0v) is 11.5. The number of aromatic nitrogens is 2. The molecule has 1 aromatic rings. The van der Waals surface area contributed by atoms with Crippen LogP contribution in [-0.4, -0.2) is 34.2 Å². The Balaban J connectivity index is 2.42. The van der Waals surface area contributed by atoms with Gasteiger partial charge >= 0.3 is 0 Å². The summed E-state index contributed by atoms with van der Waals surface area (Å²) in [6.45, 7) is 6.18. The number of nitrogens with zero attached hydrogens (tertiary/aromatic N) is 2. The van der Waals surface area contributed by atoms with E-state index in [4.69, 9.17) is 5.73 Å². The predicted molar refractivity (Wildman–Crippen MR) is 72.4 cm³/mol. The van der Waals surface area contributed by atoms with Gasteiger partial charge in [0.1, 0.15) is 5.82 Å². The number of carbonyl (C=O) groups is 2. The maximum atomic E-state index is 11.7. The highest BCUT2D eigenvalue weighted by molar-refractivity contribution is 5.94. The largest absolute Gasteiger partial charge is 0.346 e. The summed E-state index contributed by atoms with van der Waals surface area (Å²) >= 11 is 0. The highest BCUT2D eigenvalue weighted by Crippen LogP contribution is 2.05. The van der Waals surface area contributed by atoms with Gasteiger partial charge in [0, 0.05) is 12.6 Å². The van der Waals surface area contributed by atoms with Crippen LogP contribution in [0.3, 0.4) is 0 Å². The molecule has 0 aromatic carbocycles. The van der Waals surface area contributed by atoms with Crippen LogP contribution >= 0.6 is 0 Å². The molecule has 1 rings (SSSR count). The van der Waals surface area contributed by atoms with E-state index in [0.717, 1.165) is 0 Å². The molecule has 7 heteroatoms. The maximum Gasteiger partial charge on any atom is 0.244 e. The van der Waals surface area contributed by atoms with Gasteiger partial charge in [-0.15, -0.1) is 0 Å². The normalized spacial score (nSPS) is 12.3. The quantitative estimate of drug-likeness (QED) is 0.672. The summed E-state index contributed by atoms with van der Waals surface area (Å²) in [7, 11) is 0. The fourth-order valence-electron chi connectivity index (χ4n) is 1.47. The van der Waals surface area contributed by atoms with Crippen molar-refractivity contribution in [2.75, 3.05) is 11.9 Å². The Hall–Kier alpha value is -1.89. The predicted octanol–water partition coefficient (Wildman–Crippen LogP) is -0.0590. The molecule has 19 heavy (non-hydrogen) atoms. The molecule has 0 aliphatic carbocycles. The van der Waals surface area contributed by atoms with E-state index in [0.29, 0.717) is 12.4 Å². The van der Waals surface area contributed by atoms with Crippen LogP contribution in [0.2, 0.25) is 0 Å². The highest BCUT2D eigenvalue weighted by Gasteiger charge is 2.17. The van der Waals surface area contributed by atoms with Gasteiger partial charge in [0.25, 0.3) is 0 Å². The molecule has 1 heterocycles. The molecule has 1 atom stereocenters. The molecule has 1 aromatic heterocycles. The number of nitrogens with two attached hydrogens (primary N) is 1. The van der Waals surface area contributed by atoms with E-state index in [2.05, 4.69) is 15.7 Å². The van der Waals surface area contributed by atoms with Crippen LogP contribution < -0.4 is 16.4 Å². The first-order chi connectivity index (χ1) is 8.95. The molecule has 0 spiro atoms. The smallest absolute Gasteiger partial charge is 0.244 e. The van der Waals surface area contributed by atoms with Crippen LogP contribution in [0.15, 0.2) is 12.3 Å². The summed E-state index contributed by atoms with van der Waals surface area (Å²) in [5.41, 5.74) is 5.67. The summed E-state index contributed by atoms with van der Waals surface area (Å²) in [5.74, 6) is 0.00754. The summed E-state index contributed by atoms with van der Waals surface area (Å²) in [6, 6.07) is 1.09. The van der Waals surface area contributed by atoms with Crippen molar-refractivity contribution in [2.45, 2.75) is 33.4 Å². The van der Waals surface area contributed by atoms with Gasteiger partial charge in [-0.2, -0.15) is 5.10 Å². The first-order valence-electron chi connectivity index (χ1n) is 6.30.